The van der Waals surface area contributed by atoms with Gasteiger partial charge in [0.1, 0.15) is 0 Å². The number of nitrogens with zero attached hydrogens (tertiary/aromatic N) is 4. The van der Waals surface area contributed by atoms with Gasteiger partial charge in [-0.05, 0) is 60.6 Å². The molecule has 0 saturated heterocycles. The van der Waals surface area contributed by atoms with Gasteiger partial charge in [-0.2, -0.15) is 0 Å². The predicted molar refractivity (Wildman–Crippen MR) is 101 cm³/mol. The molecule has 2 aromatic rings. The van der Waals surface area contributed by atoms with Crippen molar-refractivity contribution in [2.45, 2.75) is 74.4 Å². The van der Waals surface area contributed by atoms with Crippen molar-refractivity contribution in [1.29, 1.82) is 0 Å². The molecule has 6 nitrogen and oxygen atoms in total. The van der Waals surface area contributed by atoms with E-state index in [1.54, 1.807) is 0 Å². The molecule has 1 amide bonds. The summed E-state index contributed by atoms with van der Waals surface area (Å²) in [5, 5.41) is 15.9. The molecular weight excluding hydrogens is 346 g/mol. The molecule has 2 aliphatic carbocycles. The van der Waals surface area contributed by atoms with Gasteiger partial charge in [-0.1, -0.05) is 48.9 Å². The number of thioether (sulfide) groups is 1. The van der Waals surface area contributed by atoms with Crippen LogP contribution in [0.25, 0.3) is 0 Å². The monoisotopic (exact) mass is 371 g/mol. The fraction of sp³-hybridized carbons (Fsp3) is 0.579. The lowest BCUT2D eigenvalue weighted by atomic mass is 9.88. The highest BCUT2D eigenvalue weighted by Gasteiger charge is 2.27. The Balaban J connectivity index is 1.41. The summed E-state index contributed by atoms with van der Waals surface area (Å²) in [5.74, 6) is 0.0534. The lowest BCUT2D eigenvalue weighted by molar-refractivity contribution is -0.121. The van der Waals surface area contributed by atoms with Gasteiger partial charge in [-0.3, -0.25) is 4.79 Å². The van der Waals surface area contributed by atoms with Crippen LogP contribution in [0, 0.1) is 0 Å². The van der Waals surface area contributed by atoms with Crippen molar-refractivity contribution < 1.29 is 4.79 Å². The number of fused-ring (bicyclic) bond motifs is 1. The second-order valence-electron chi connectivity index (χ2n) is 7.26. The average Bonchev–Trinajstić information content (AvgIpc) is 3.33. The Labute approximate surface area is 158 Å². The highest BCUT2D eigenvalue weighted by molar-refractivity contribution is 8.00. The normalized spacial score (nSPS) is 21.3. The SMILES string of the molecule is CC(Sc1nnnn1C1CCCC1)C(=O)NC1CCCc2ccccc21. The minimum Gasteiger partial charge on any atom is -0.348 e. The number of hydrogen-bond donors (Lipinski definition) is 1. The van der Waals surface area contributed by atoms with Crippen LogP contribution in [0.15, 0.2) is 29.4 Å². The van der Waals surface area contributed by atoms with Crippen LogP contribution in [0.1, 0.15) is 68.7 Å². The topological polar surface area (TPSA) is 72.7 Å². The maximum Gasteiger partial charge on any atom is 0.233 e. The molecule has 4 rings (SSSR count). The first kappa shape index (κ1) is 17.5. The van der Waals surface area contributed by atoms with Crippen molar-refractivity contribution in [3.05, 3.63) is 35.4 Å². The van der Waals surface area contributed by atoms with Gasteiger partial charge in [0.05, 0.1) is 17.3 Å². The second kappa shape index (κ2) is 7.78. The Morgan fingerprint density at radius 1 is 1.23 bits per heavy atom. The van der Waals surface area contributed by atoms with Crippen molar-refractivity contribution in [2.24, 2.45) is 0 Å². The zero-order valence-corrected chi connectivity index (χ0v) is 15.9. The molecule has 0 bridgehead atoms. The molecular formula is C19H25N5OS. The van der Waals surface area contributed by atoms with Crippen LogP contribution in [-0.2, 0) is 11.2 Å². The average molecular weight is 372 g/mol. The third-order valence-electron chi connectivity index (χ3n) is 5.47. The molecule has 26 heavy (non-hydrogen) atoms. The van der Waals surface area contributed by atoms with Crippen molar-refractivity contribution in [3.8, 4) is 0 Å². The van der Waals surface area contributed by atoms with Crippen LogP contribution in [-0.4, -0.2) is 31.4 Å². The van der Waals surface area contributed by atoms with Gasteiger partial charge in [0.15, 0.2) is 0 Å². The zero-order valence-electron chi connectivity index (χ0n) is 15.1. The minimum absolute atomic E-state index is 0.0534. The van der Waals surface area contributed by atoms with Gasteiger partial charge < -0.3 is 5.32 Å². The van der Waals surface area contributed by atoms with Crippen LogP contribution in [0.5, 0.6) is 0 Å². The number of aromatic nitrogens is 4. The third kappa shape index (κ3) is 3.63. The fourth-order valence-corrected chi connectivity index (χ4v) is 4.91. The summed E-state index contributed by atoms with van der Waals surface area (Å²) < 4.78 is 1.91. The number of aryl methyl sites for hydroxylation is 1. The molecule has 2 unspecified atom stereocenters. The fourth-order valence-electron chi connectivity index (χ4n) is 4.05. The Hall–Kier alpha value is -1.89. The van der Waals surface area contributed by atoms with Gasteiger partial charge >= 0.3 is 0 Å². The van der Waals surface area contributed by atoms with Crippen LogP contribution >= 0.6 is 11.8 Å². The minimum atomic E-state index is -0.227. The van der Waals surface area contributed by atoms with E-state index in [1.165, 1.54) is 35.7 Å². The van der Waals surface area contributed by atoms with Crippen LogP contribution < -0.4 is 5.32 Å². The Bertz CT molecular complexity index is 771. The van der Waals surface area contributed by atoms with Gasteiger partial charge in [0.25, 0.3) is 0 Å². The second-order valence-corrected chi connectivity index (χ2v) is 8.56. The third-order valence-corrected chi connectivity index (χ3v) is 6.52. The number of carbonyl (C=O) groups is 1. The maximum atomic E-state index is 12.8. The summed E-state index contributed by atoms with van der Waals surface area (Å²) in [7, 11) is 0. The smallest absolute Gasteiger partial charge is 0.233 e. The van der Waals surface area contributed by atoms with Crippen LogP contribution in [0.3, 0.4) is 0 Å². The number of benzene rings is 1. The van der Waals surface area contributed by atoms with Crippen molar-refractivity contribution in [3.63, 3.8) is 0 Å². The number of tetrazole rings is 1. The number of rotatable bonds is 5. The summed E-state index contributed by atoms with van der Waals surface area (Å²) in [4.78, 5) is 12.8. The first-order valence-electron chi connectivity index (χ1n) is 9.55. The number of amides is 1. The maximum absolute atomic E-state index is 12.8. The summed E-state index contributed by atoms with van der Waals surface area (Å²) in [6.07, 6.45) is 7.92. The molecule has 1 N–H and O–H groups in total. The van der Waals surface area contributed by atoms with Crippen molar-refractivity contribution in [2.75, 3.05) is 0 Å². The van der Waals surface area contributed by atoms with Crippen LogP contribution in [0.2, 0.25) is 0 Å². The lowest BCUT2D eigenvalue weighted by Crippen LogP contribution is -2.36. The first-order chi connectivity index (χ1) is 12.7. The van der Waals surface area contributed by atoms with Crippen LogP contribution in [0.4, 0.5) is 0 Å². The van der Waals surface area contributed by atoms with Gasteiger partial charge in [0.2, 0.25) is 11.1 Å². The predicted octanol–water partition coefficient (Wildman–Crippen LogP) is 3.46. The summed E-state index contributed by atoms with van der Waals surface area (Å²) >= 11 is 1.46. The standard InChI is InChI=1S/C19H25N5OS/c1-13(26-19-21-22-23-24(19)15-9-3-4-10-15)18(25)20-17-12-6-8-14-7-2-5-11-16(14)17/h2,5,7,11,13,15,17H,3-4,6,8-10,12H2,1H3,(H,20,25). The van der Waals surface area contributed by atoms with Gasteiger partial charge in [-0.15, -0.1) is 5.10 Å². The van der Waals surface area contributed by atoms with Gasteiger partial charge in [-0.25, -0.2) is 4.68 Å². The van der Waals surface area contributed by atoms with E-state index in [2.05, 4.69) is 45.1 Å². The van der Waals surface area contributed by atoms with Crippen molar-refractivity contribution >= 4 is 17.7 Å². The Morgan fingerprint density at radius 2 is 2.04 bits per heavy atom. The lowest BCUT2D eigenvalue weighted by Gasteiger charge is -2.27. The quantitative estimate of drug-likeness (QED) is 0.815. The van der Waals surface area contributed by atoms with E-state index in [-0.39, 0.29) is 17.2 Å². The number of carbonyl (C=O) groups excluding carboxylic acids is 1. The molecule has 1 aromatic carbocycles. The molecule has 7 heteroatoms. The molecule has 1 saturated carbocycles. The molecule has 1 aromatic heterocycles. The highest BCUT2D eigenvalue weighted by atomic mass is 32.2. The number of nitrogens with one attached hydrogen (secondary N) is 1. The van der Waals surface area contributed by atoms with E-state index >= 15 is 0 Å². The Morgan fingerprint density at radius 3 is 2.88 bits per heavy atom. The van der Waals surface area contributed by atoms with E-state index in [0.717, 1.165) is 37.3 Å². The van der Waals surface area contributed by atoms with E-state index in [9.17, 15) is 4.79 Å². The summed E-state index contributed by atoms with van der Waals surface area (Å²) in [5.41, 5.74) is 2.62. The molecule has 2 atom stereocenters. The Kier molecular flexibility index (Phi) is 5.24. The zero-order chi connectivity index (χ0) is 17.9. The van der Waals surface area contributed by atoms with E-state index < -0.39 is 0 Å². The number of hydrogen-bond acceptors (Lipinski definition) is 5. The first-order valence-corrected chi connectivity index (χ1v) is 10.4. The highest BCUT2D eigenvalue weighted by Crippen LogP contribution is 2.33. The largest absolute Gasteiger partial charge is 0.348 e. The molecule has 1 heterocycles. The summed E-state index contributed by atoms with van der Waals surface area (Å²) in [6.45, 7) is 1.93. The molecule has 0 aliphatic heterocycles. The van der Waals surface area contributed by atoms with E-state index in [0.29, 0.717) is 6.04 Å². The molecule has 1 fully saturated rings. The molecule has 0 spiro atoms. The molecule has 2 aliphatic rings. The van der Waals surface area contributed by atoms with Gasteiger partial charge in [0, 0.05) is 0 Å². The van der Waals surface area contributed by atoms with E-state index in [1.807, 2.05) is 11.6 Å². The van der Waals surface area contributed by atoms with E-state index in [4.69, 9.17) is 0 Å². The molecule has 138 valence electrons. The summed E-state index contributed by atoms with van der Waals surface area (Å²) in [6, 6.07) is 8.93. The molecule has 0 radical (unpaired) electrons. The van der Waals surface area contributed by atoms with Crippen molar-refractivity contribution in [1.82, 2.24) is 25.5 Å².